The van der Waals surface area contributed by atoms with Crippen molar-refractivity contribution in [3.63, 3.8) is 0 Å². The first-order valence-electron chi connectivity index (χ1n) is 10.6. The van der Waals surface area contributed by atoms with Crippen LogP contribution in [0.1, 0.15) is 28.4 Å². The number of non-ortho nitro benzene ring substituents is 1. The van der Waals surface area contributed by atoms with Gasteiger partial charge in [-0.1, -0.05) is 31.2 Å². The van der Waals surface area contributed by atoms with E-state index in [1.807, 2.05) is 17.0 Å². The molecule has 0 spiro atoms. The Morgan fingerprint density at radius 3 is 2.53 bits per heavy atom. The number of nitrogens with zero attached hydrogens (tertiary/aromatic N) is 4. The van der Waals surface area contributed by atoms with Crippen molar-refractivity contribution >= 4 is 23.1 Å². The third-order valence-electron chi connectivity index (χ3n) is 5.51. The van der Waals surface area contributed by atoms with Gasteiger partial charge in [-0.2, -0.15) is 5.10 Å². The summed E-state index contributed by atoms with van der Waals surface area (Å²) in [6, 6.07) is 14.3. The zero-order chi connectivity index (χ0) is 22.5. The van der Waals surface area contributed by atoms with Gasteiger partial charge < -0.3 is 15.0 Å². The summed E-state index contributed by atoms with van der Waals surface area (Å²) in [6.07, 6.45) is 2.59. The number of morpholine rings is 1. The minimum atomic E-state index is -0.496. The summed E-state index contributed by atoms with van der Waals surface area (Å²) in [6.45, 7) is 4.92. The molecule has 166 valence electrons. The van der Waals surface area contributed by atoms with E-state index in [0.29, 0.717) is 44.4 Å². The Kier molecular flexibility index (Phi) is 6.46. The maximum absolute atomic E-state index is 13.2. The number of benzene rings is 2. The van der Waals surface area contributed by atoms with Gasteiger partial charge in [0.25, 0.3) is 11.6 Å². The molecule has 2 heterocycles. The molecule has 1 N–H and O–H groups in total. The Balaban J connectivity index is 1.58. The number of nitro groups is 1. The number of anilines is 2. The number of carbonyl (C=O) groups is 1. The van der Waals surface area contributed by atoms with Gasteiger partial charge in [-0.05, 0) is 23.6 Å². The second kappa shape index (κ2) is 9.61. The van der Waals surface area contributed by atoms with Crippen LogP contribution in [0.2, 0.25) is 0 Å². The van der Waals surface area contributed by atoms with E-state index in [1.54, 1.807) is 23.0 Å². The van der Waals surface area contributed by atoms with Gasteiger partial charge in [-0.15, -0.1) is 0 Å². The first-order valence-corrected chi connectivity index (χ1v) is 10.6. The van der Waals surface area contributed by atoms with Crippen LogP contribution in [0, 0.1) is 10.1 Å². The van der Waals surface area contributed by atoms with Crippen LogP contribution in [0.4, 0.5) is 17.2 Å². The summed E-state index contributed by atoms with van der Waals surface area (Å²) in [5, 5.41) is 18.5. The number of carbonyl (C=O) groups excluding carboxylic acids is 1. The monoisotopic (exact) mass is 435 g/mol. The number of aryl methyl sites for hydroxylation is 1. The first kappa shape index (κ1) is 21.5. The number of aromatic nitrogens is 2. The van der Waals surface area contributed by atoms with Crippen molar-refractivity contribution in [1.29, 1.82) is 0 Å². The van der Waals surface area contributed by atoms with Gasteiger partial charge in [0.2, 0.25) is 0 Å². The fraction of sp³-hybridized carbons (Fsp3) is 0.304. The Hall–Kier alpha value is -3.72. The average Bonchev–Trinajstić information content (AvgIpc) is 3.26. The highest BCUT2D eigenvalue weighted by molar-refractivity contribution is 6.08. The van der Waals surface area contributed by atoms with Gasteiger partial charge in [-0.25, -0.2) is 4.68 Å². The quantitative estimate of drug-likeness (QED) is 0.450. The molecule has 3 aromatic rings. The zero-order valence-electron chi connectivity index (χ0n) is 17.9. The predicted octanol–water partition coefficient (Wildman–Crippen LogP) is 3.49. The second-order valence-electron chi connectivity index (χ2n) is 7.56. The van der Waals surface area contributed by atoms with E-state index in [0.717, 1.165) is 12.0 Å². The third kappa shape index (κ3) is 4.78. The maximum atomic E-state index is 13.2. The van der Waals surface area contributed by atoms with Gasteiger partial charge >= 0.3 is 0 Å². The molecule has 32 heavy (non-hydrogen) atoms. The van der Waals surface area contributed by atoms with E-state index >= 15 is 0 Å². The summed E-state index contributed by atoms with van der Waals surface area (Å²) in [7, 11) is 0. The SMILES string of the molecule is CCc1ccc(Cn2nccc2NC(=O)c2cc([N+](=O)[O-])ccc2N2CCOCC2)cc1. The van der Waals surface area contributed by atoms with Gasteiger partial charge in [0.05, 0.1) is 42.1 Å². The van der Waals surface area contributed by atoms with Crippen LogP contribution in [-0.4, -0.2) is 46.9 Å². The molecule has 1 aliphatic rings. The van der Waals surface area contributed by atoms with Crippen LogP contribution >= 0.6 is 0 Å². The topological polar surface area (TPSA) is 103 Å². The summed E-state index contributed by atoms with van der Waals surface area (Å²) in [5.74, 6) is 0.104. The molecule has 1 aliphatic heterocycles. The molecule has 1 saturated heterocycles. The smallest absolute Gasteiger partial charge is 0.270 e. The Morgan fingerprint density at radius 1 is 1.12 bits per heavy atom. The summed E-state index contributed by atoms with van der Waals surface area (Å²) in [4.78, 5) is 26.0. The molecular weight excluding hydrogens is 410 g/mol. The number of amides is 1. The van der Waals surface area contributed by atoms with E-state index in [-0.39, 0.29) is 11.3 Å². The fourth-order valence-corrected chi connectivity index (χ4v) is 3.70. The largest absolute Gasteiger partial charge is 0.378 e. The van der Waals surface area contributed by atoms with Gasteiger partial charge in [0.1, 0.15) is 5.82 Å². The van der Waals surface area contributed by atoms with Crippen LogP contribution in [0.25, 0.3) is 0 Å². The van der Waals surface area contributed by atoms with Crippen LogP contribution in [0.15, 0.2) is 54.7 Å². The predicted molar refractivity (Wildman–Crippen MR) is 121 cm³/mol. The fourth-order valence-electron chi connectivity index (χ4n) is 3.70. The molecule has 0 radical (unpaired) electrons. The minimum absolute atomic E-state index is 0.128. The number of rotatable bonds is 7. The molecule has 1 fully saturated rings. The van der Waals surface area contributed by atoms with E-state index in [1.165, 1.54) is 17.7 Å². The molecule has 9 nitrogen and oxygen atoms in total. The van der Waals surface area contributed by atoms with Crippen LogP contribution in [0.5, 0.6) is 0 Å². The highest BCUT2D eigenvalue weighted by atomic mass is 16.6. The Labute approximate surface area is 185 Å². The molecule has 0 saturated carbocycles. The summed E-state index contributed by atoms with van der Waals surface area (Å²) in [5.41, 5.74) is 3.09. The molecule has 4 rings (SSSR count). The van der Waals surface area contributed by atoms with Gasteiger partial charge in [0.15, 0.2) is 0 Å². The van der Waals surface area contributed by atoms with E-state index in [4.69, 9.17) is 4.74 Å². The lowest BCUT2D eigenvalue weighted by Crippen LogP contribution is -2.37. The van der Waals surface area contributed by atoms with E-state index in [2.05, 4.69) is 29.5 Å². The van der Waals surface area contributed by atoms with E-state index < -0.39 is 10.8 Å². The first-order chi connectivity index (χ1) is 15.5. The Morgan fingerprint density at radius 2 is 1.84 bits per heavy atom. The molecule has 0 atom stereocenters. The van der Waals surface area contributed by atoms with Gasteiger partial charge in [-0.3, -0.25) is 14.9 Å². The van der Waals surface area contributed by atoms with Crippen LogP contribution in [0.3, 0.4) is 0 Å². The molecule has 0 unspecified atom stereocenters. The Bertz CT molecular complexity index is 1100. The minimum Gasteiger partial charge on any atom is -0.378 e. The molecule has 0 bridgehead atoms. The molecule has 1 aromatic heterocycles. The number of nitrogens with one attached hydrogen (secondary N) is 1. The maximum Gasteiger partial charge on any atom is 0.270 e. The molecule has 9 heteroatoms. The van der Waals surface area contributed by atoms with Crippen LogP contribution in [-0.2, 0) is 17.7 Å². The number of nitro benzene ring substituents is 1. The van der Waals surface area contributed by atoms with Crippen molar-refractivity contribution in [2.24, 2.45) is 0 Å². The summed E-state index contributed by atoms with van der Waals surface area (Å²) >= 11 is 0. The number of ether oxygens (including phenoxy) is 1. The highest BCUT2D eigenvalue weighted by Gasteiger charge is 2.23. The molecule has 1 amide bonds. The van der Waals surface area contributed by atoms with Crippen molar-refractivity contribution < 1.29 is 14.5 Å². The van der Waals surface area contributed by atoms with Crippen molar-refractivity contribution in [3.05, 3.63) is 81.5 Å². The number of hydrogen-bond acceptors (Lipinski definition) is 6. The lowest BCUT2D eigenvalue weighted by atomic mass is 10.1. The third-order valence-corrected chi connectivity index (χ3v) is 5.51. The van der Waals surface area contributed by atoms with Crippen molar-refractivity contribution in [2.75, 3.05) is 36.5 Å². The lowest BCUT2D eigenvalue weighted by molar-refractivity contribution is -0.384. The lowest BCUT2D eigenvalue weighted by Gasteiger charge is -2.30. The van der Waals surface area contributed by atoms with Crippen molar-refractivity contribution in [2.45, 2.75) is 19.9 Å². The molecule has 2 aromatic carbocycles. The normalized spacial score (nSPS) is 13.7. The zero-order valence-corrected chi connectivity index (χ0v) is 17.9. The van der Waals surface area contributed by atoms with Crippen molar-refractivity contribution in [3.8, 4) is 0 Å². The molecular formula is C23H25N5O4. The van der Waals surface area contributed by atoms with Crippen molar-refractivity contribution in [1.82, 2.24) is 9.78 Å². The standard InChI is InChI=1S/C23H25N5O4/c1-2-17-3-5-18(6-4-17)16-27-22(9-10-24-27)25-23(29)20-15-19(28(30)31)7-8-21(20)26-11-13-32-14-12-26/h3-10,15H,2,11-14,16H2,1H3,(H,25,29). The van der Waals surface area contributed by atoms with Gasteiger partial charge in [0, 0.05) is 31.3 Å². The highest BCUT2D eigenvalue weighted by Crippen LogP contribution is 2.27. The number of hydrogen-bond donors (Lipinski definition) is 1. The van der Waals surface area contributed by atoms with Crippen LogP contribution < -0.4 is 10.2 Å². The summed E-state index contributed by atoms with van der Waals surface area (Å²) < 4.78 is 7.09. The second-order valence-corrected chi connectivity index (χ2v) is 7.56. The average molecular weight is 435 g/mol. The van der Waals surface area contributed by atoms with E-state index in [9.17, 15) is 14.9 Å². The molecule has 0 aliphatic carbocycles.